The van der Waals surface area contributed by atoms with Crippen LogP contribution in [0.15, 0.2) is 6.07 Å². The van der Waals surface area contributed by atoms with Crippen molar-refractivity contribution in [3.05, 3.63) is 21.4 Å². The first-order chi connectivity index (χ1) is 8.63. The Balaban J connectivity index is 1.89. The highest BCUT2D eigenvalue weighted by Crippen LogP contribution is 2.38. The van der Waals surface area contributed by atoms with Crippen molar-refractivity contribution in [1.29, 1.82) is 0 Å². The van der Waals surface area contributed by atoms with Crippen molar-refractivity contribution in [1.82, 2.24) is 5.32 Å². The average Bonchev–Trinajstić information content (AvgIpc) is 2.61. The van der Waals surface area contributed by atoms with Crippen LogP contribution in [0, 0.1) is 19.8 Å². The summed E-state index contributed by atoms with van der Waals surface area (Å²) in [6, 6.07) is 2.86. The molecule has 1 saturated carbocycles. The van der Waals surface area contributed by atoms with Crippen LogP contribution in [0.25, 0.3) is 0 Å². The standard InChI is InChI=1S/C15H25NOS/c1-5-17-13-7-12(8-13)9-15(16-4)14-6-10(2)18-11(14)3/h6,12-13,15-16H,5,7-9H2,1-4H3. The maximum absolute atomic E-state index is 5.64. The van der Waals surface area contributed by atoms with Gasteiger partial charge in [-0.25, -0.2) is 0 Å². The lowest BCUT2D eigenvalue weighted by Gasteiger charge is -2.37. The minimum Gasteiger partial charge on any atom is -0.378 e. The van der Waals surface area contributed by atoms with Gasteiger partial charge in [0, 0.05) is 22.4 Å². The van der Waals surface area contributed by atoms with Gasteiger partial charge in [0.15, 0.2) is 0 Å². The second kappa shape index (κ2) is 6.18. The Bertz CT molecular complexity index is 382. The number of aryl methyl sites for hydroxylation is 2. The first-order valence-corrected chi connectivity index (χ1v) is 7.81. The van der Waals surface area contributed by atoms with E-state index in [2.05, 4.69) is 39.2 Å². The maximum Gasteiger partial charge on any atom is 0.0580 e. The predicted octanol–water partition coefficient (Wildman–Crippen LogP) is 3.83. The molecule has 1 unspecified atom stereocenters. The van der Waals surface area contributed by atoms with E-state index in [0.29, 0.717) is 12.1 Å². The first-order valence-electron chi connectivity index (χ1n) is 6.99. The van der Waals surface area contributed by atoms with Gasteiger partial charge >= 0.3 is 0 Å². The van der Waals surface area contributed by atoms with E-state index < -0.39 is 0 Å². The average molecular weight is 267 g/mol. The first kappa shape index (κ1) is 14.0. The van der Waals surface area contributed by atoms with Crippen molar-refractivity contribution in [2.45, 2.75) is 52.2 Å². The Kier molecular flexibility index (Phi) is 4.82. The van der Waals surface area contributed by atoms with Crippen LogP contribution >= 0.6 is 11.3 Å². The van der Waals surface area contributed by atoms with Gasteiger partial charge in [-0.1, -0.05) is 0 Å². The number of thiophene rings is 1. The molecule has 0 amide bonds. The van der Waals surface area contributed by atoms with Gasteiger partial charge in [0.05, 0.1) is 6.10 Å². The van der Waals surface area contributed by atoms with Gasteiger partial charge in [-0.15, -0.1) is 11.3 Å². The van der Waals surface area contributed by atoms with E-state index in [-0.39, 0.29) is 0 Å². The third-order valence-electron chi connectivity index (χ3n) is 3.97. The minimum absolute atomic E-state index is 0.516. The summed E-state index contributed by atoms with van der Waals surface area (Å²) >= 11 is 1.91. The van der Waals surface area contributed by atoms with Crippen LogP contribution < -0.4 is 5.32 Å². The van der Waals surface area contributed by atoms with Crippen LogP contribution in [0.1, 0.15) is 47.5 Å². The topological polar surface area (TPSA) is 21.3 Å². The summed E-state index contributed by atoms with van der Waals surface area (Å²) in [7, 11) is 2.08. The number of hydrogen-bond acceptors (Lipinski definition) is 3. The molecule has 0 saturated heterocycles. The SMILES string of the molecule is CCOC1CC(CC(NC)c2cc(C)sc2C)C1. The molecule has 1 atom stereocenters. The van der Waals surface area contributed by atoms with Crippen molar-refractivity contribution >= 4 is 11.3 Å². The van der Waals surface area contributed by atoms with E-state index in [1.807, 2.05) is 11.3 Å². The Hall–Kier alpha value is -0.380. The lowest BCUT2D eigenvalue weighted by molar-refractivity contribution is -0.0289. The van der Waals surface area contributed by atoms with Crippen molar-refractivity contribution in [3.8, 4) is 0 Å². The lowest BCUT2D eigenvalue weighted by atomic mass is 9.77. The van der Waals surface area contributed by atoms with Crippen LogP contribution in [-0.4, -0.2) is 19.8 Å². The molecule has 0 radical (unpaired) electrons. The Morgan fingerprint density at radius 3 is 2.67 bits per heavy atom. The van der Waals surface area contributed by atoms with Gasteiger partial charge < -0.3 is 10.1 Å². The molecule has 1 aliphatic rings. The van der Waals surface area contributed by atoms with Gasteiger partial charge in [0.2, 0.25) is 0 Å². The summed E-state index contributed by atoms with van der Waals surface area (Å²) in [5.41, 5.74) is 1.50. The monoisotopic (exact) mass is 267 g/mol. The van der Waals surface area contributed by atoms with E-state index >= 15 is 0 Å². The van der Waals surface area contributed by atoms with Crippen LogP contribution in [0.2, 0.25) is 0 Å². The molecule has 18 heavy (non-hydrogen) atoms. The molecule has 2 nitrogen and oxygen atoms in total. The quantitative estimate of drug-likeness (QED) is 0.846. The van der Waals surface area contributed by atoms with Crippen molar-refractivity contribution < 1.29 is 4.74 Å². The predicted molar refractivity (Wildman–Crippen MR) is 78.3 cm³/mol. The Morgan fingerprint density at radius 2 is 2.17 bits per heavy atom. The molecule has 1 heterocycles. The van der Waals surface area contributed by atoms with Gasteiger partial charge in [-0.3, -0.25) is 0 Å². The molecule has 3 heteroatoms. The lowest BCUT2D eigenvalue weighted by Crippen LogP contribution is -2.34. The zero-order valence-electron chi connectivity index (χ0n) is 12.0. The summed E-state index contributed by atoms with van der Waals surface area (Å²) in [5, 5.41) is 3.48. The molecule has 1 aliphatic carbocycles. The summed E-state index contributed by atoms with van der Waals surface area (Å²) in [4.78, 5) is 2.89. The normalized spacial score (nSPS) is 24.9. The number of rotatable bonds is 6. The van der Waals surface area contributed by atoms with Crippen molar-refractivity contribution in [2.75, 3.05) is 13.7 Å². The third-order valence-corrected chi connectivity index (χ3v) is 4.95. The van der Waals surface area contributed by atoms with E-state index in [4.69, 9.17) is 4.74 Å². The zero-order chi connectivity index (χ0) is 13.1. The molecule has 102 valence electrons. The number of hydrogen-bond donors (Lipinski definition) is 1. The molecular weight excluding hydrogens is 242 g/mol. The smallest absolute Gasteiger partial charge is 0.0580 e. The second-order valence-electron chi connectivity index (χ2n) is 5.36. The highest BCUT2D eigenvalue weighted by atomic mass is 32.1. The van der Waals surface area contributed by atoms with Gasteiger partial charge in [-0.05, 0) is 64.6 Å². The minimum atomic E-state index is 0.516. The maximum atomic E-state index is 5.64. The van der Waals surface area contributed by atoms with E-state index in [1.165, 1.54) is 34.6 Å². The highest BCUT2D eigenvalue weighted by molar-refractivity contribution is 7.12. The molecule has 1 aromatic rings. The fourth-order valence-corrected chi connectivity index (χ4v) is 3.96. The summed E-state index contributed by atoms with van der Waals surface area (Å²) in [6.45, 7) is 7.38. The number of nitrogens with one attached hydrogen (secondary N) is 1. The second-order valence-corrected chi connectivity index (χ2v) is 6.82. The highest BCUT2D eigenvalue weighted by Gasteiger charge is 2.31. The Morgan fingerprint density at radius 1 is 1.44 bits per heavy atom. The van der Waals surface area contributed by atoms with Crippen LogP contribution in [0.4, 0.5) is 0 Å². The largest absolute Gasteiger partial charge is 0.378 e. The molecule has 0 bridgehead atoms. The molecule has 0 aliphatic heterocycles. The zero-order valence-corrected chi connectivity index (χ0v) is 12.8. The summed E-state index contributed by atoms with van der Waals surface area (Å²) in [6.07, 6.45) is 4.27. The molecule has 1 aromatic heterocycles. The van der Waals surface area contributed by atoms with Crippen molar-refractivity contribution in [2.24, 2.45) is 5.92 Å². The molecule has 0 spiro atoms. The Labute approximate surface area is 115 Å². The molecule has 1 fully saturated rings. The van der Waals surface area contributed by atoms with Gasteiger partial charge in [0.25, 0.3) is 0 Å². The molecule has 2 rings (SSSR count). The summed E-state index contributed by atoms with van der Waals surface area (Å²) < 4.78 is 5.64. The fourth-order valence-electron chi connectivity index (χ4n) is 2.97. The fraction of sp³-hybridized carbons (Fsp3) is 0.733. The third kappa shape index (κ3) is 3.14. The van der Waals surface area contributed by atoms with Crippen LogP contribution in [0.5, 0.6) is 0 Å². The molecular formula is C15H25NOS. The van der Waals surface area contributed by atoms with Gasteiger partial charge in [0.1, 0.15) is 0 Å². The molecule has 1 N–H and O–H groups in total. The van der Waals surface area contributed by atoms with Crippen LogP contribution in [0.3, 0.4) is 0 Å². The van der Waals surface area contributed by atoms with E-state index in [0.717, 1.165) is 12.5 Å². The van der Waals surface area contributed by atoms with E-state index in [1.54, 1.807) is 0 Å². The number of ether oxygens (including phenoxy) is 1. The van der Waals surface area contributed by atoms with Crippen LogP contribution in [-0.2, 0) is 4.74 Å². The molecule has 0 aromatic carbocycles. The van der Waals surface area contributed by atoms with Crippen molar-refractivity contribution in [3.63, 3.8) is 0 Å². The van der Waals surface area contributed by atoms with Gasteiger partial charge in [-0.2, -0.15) is 0 Å². The van der Waals surface area contributed by atoms with E-state index in [9.17, 15) is 0 Å². The summed E-state index contributed by atoms with van der Waals surface area (Å²) in [5.74, 6) is 0.832.